The number of aromatic amines is 1. The third-order valence-electron chi connectivity index (χ3n) is 4.01. The topological polar surface area (TPSA) is 95.2 Å². The summed E-state index contributed by atoms with van der Waals surface area (Å²) in [6, 6.07) is 2.64. The van der Waals surface area contributed by atoms with Crippen LogP contribution in [0.25, 0.3) is 11.6 Å². The molecule has 1 unspecified atom stereocenters. The molecular formula is C17H16F2N4O4S. The first-order valence-electron chi connectivity index (χ1n) is 8.04. The van der Waals surface area contributed by atoms with Crippen LogP contribution in [0.4, 0.5) is 8.78 Å². The predicted octanol–water partition coefficient (Wildman–Crippen LogP) is 3.20. The number of nitrogens with zero attached hydrogens (tertiary/aromatic N) is 3. The van der Waals surface area contributed by atoms with E-state index in [0.717, 1.165) is 12.1 Å². The fourth-order valence-corrected chi connectivity index (χ4v) is 3.11. The van der Waals surface area contributed by atoms with Crippen LogP contribution in [0.3, 0.4) is 0 Å². The molecule has 3 aromatic rings. The first-order valence-corrected chi connectivity index (χ1v) is 8.45. The van der Waals surface area contributed by atoms with Crippen molar-refractivity contribution in [3.05, 3.63) is 51.8 Å². The number of hydrogen-bond acceptors (Lipinski definition) is 7. The van der Waals surface area contributed by atoms with E-state index >= 15 is 0 Å². The van der Waals surface area contributed by atoms with Crippen LogP contribution < -0.4 is 0 Å². The number of aromatic nitrogens is 4. The molecule has 0 amide bonds. The minimum atomic E-state index is -1.03. The minimum absolute atomic E-state index is 0.0112. The van der Waals surface area contributed by atoms with Crippen molar-refractivity contribution >= 4 is 18.2 Å². The number of halogens is 2. The second-order valence-corrected chi connectivity index (χ2v) is 6.17. The van der Waals surface area contributed by atoms with Gasteiger partial charge in [-0.05, 0) is 29.9 Å². The number of aryl methyl sites for hydroxylation is 1. The molecule has 0 aliphatic heterocycles. The predicted molar refractivity (Wildman–Crippen MR) is 95.4 cm³/mol. The molecule has 0 radical (unpaired) electrons. The third-order valence-corrected chi connectivity index (χ3v) is 4.31. The van der Waals surface area contributed by atoms with Gasteiger partial charge in [0.2, 0.25) is 5.89 Å². The summed E-state index contributed by atoms with van der Waals surface area (Å²) < 4.78 is 44.2. The molecule has 8 nitrogen and oxygen atoms in total. The molecule has 0 bridgehead atoms. The molecule has 0 saturated heterocycles. The van der Waals surface area contributed by atoms with Crippen molar-refractivity contribution in [2.75, 3.05) is 20.8 Å². The highest BCUT2D eigenvalue weighted by Crippen LogP contribution is 2.29. The van der Waals surface area contributed by atoms with Crippen LogP contribution >= 0.6 is 12.2 Å². The maximum absolute atomic E-state index is 13.8. The number of hydrogen-bond donors (Lipinski definition) is 1. The zero-order chi connectivity index (χ0) is 20.4. The van der Waals surface area contributed by atoms with Crippen molar-refractivity contribution in [3.63, 3.8) is 0 Å². The number of carbonyl (C=O) groups excluding carboxylic acids is 1. The number of benzene rings is 1. The Labute approximate surface area is 163 Å². The molecule has 3 rings (SSSR count). The van der Waals surface area contributed by atoms with Gasteiger partial charge in [-0.3, -0.25) is 0 Å². The Hall–Kier alpha value is -2.92. The van der Waals surface area contributed by atoms with E-state index in [4.69, 9.17) is 26.1 Å². The maximum Gasteiger partial charge on any atom is 0.357 e. The first kappa shape index (κ1) is 19.8. The molecule has 1 aromatic carbocycles. The molecule has 28 heavy (non-hydrogen) atoms. The summed E-state index contributed by atoms with van der Waals surface area (Å²) in [4.78, 5) is 15.4. The van der Waals surface area contributed by atoms with E-state index in [0.29, 0.717) is 5.56 Å². The SMILES string of the molecule is COCC(c1ccc(F)c(F)c1)n1c(C(=O)OC)c(-c2nnc(C)o2)[nH]c1=S. The monoisotopic (exact) mass is 410 g/mol. The Morgan fingerprint density at radius 1 is 1.32 bits per heavy atom. The summed E-state index contributed by atoms with van der Waals surface area (Å²) in [5.74, 6) is -2.45. The zero-order valence-electron chi connectivity index (χ0n) is 15.2. The van der Waals surface area contributed by atoms with Gasteiger partial charge in [-0.2, -0.15) is 0 Å². The van der Waals surface area contributed by atoms with E-state index in [1.165, 1.54) is 24.9 Å². The number of nitrogens with one attached hydrogen (secondary N) is 1. The lowest BCUT2D eigenvalue weighted by Gasteiger charge is -2.20. The van der Waals surface area contributed by atoms with Crippen LogP contribution in [0.1, 0.15) is 28.0 Å². The Morgan fingerprint density at radius 3 is 2.64 bits per heavy atom. The van der Waals surface area contributed by atoms with Crippen LogP contribution in [-0.4, -0.2) is 46.5 Å². The largest absolute Gasteiger partial charge is 0.464 e. The van der Waals surface area contributed by atoms with Crippen LogP contribution in [0.15, 0.2) is 22.6 Å². The van der Waals surface area contributed by atoms with Crippen molar-refractivity contribution < 1.29 is 27.5 Å². The molecule has 2 heterocycles. The lowest BCUT2D eigenvalue weighted by Crippen LogP contribution is -2.22. The van der Waals surface area contributed by atoms with Gasteiger partial charge in [0.15, 0.2) is 22.1 Å². The average Bonchev–Trinajstić information content (AvgIpc) is 3.24. The number of rotatable bonds is 6. The molecule has 0 aliphatic rings. The first-order chi connectivity index (χ1) is 13.4. The molecule has 0 aliphatic carbocycles. The number of carbonyl (C=O) groups is 1. The van der Waals surface area contributed by atoms with Gasteiger partial charge in [0.05, 0.1) is 19.8 Å². The molecular weight excluding hydrogens is 394 g/mol. The number of H-pyrrole nitrogens is 1. The van der Waals surface area contributed by atoms with Crippen molar-refractivity contribution in [1.29, 1.82) is 0 Å². The van der Waals surface area contributed by atoms with Gasteiger partial charge in [0.1, 0.15) is 5.69 Å². The Balaban J connectivity index is 2.25. The van der Waals surface area contributed by atoms with E-state index in [2.05, 4.69) is 15.2 Å². The Bertz CT molecular complexity index is 1080. The van der Waals surface area contributed by atoms with Crippen LogP contribution in [-0.2, 0) is 9.47 Å². The van der Waals surface area contributed by atoms with E-state index < -0.39 is 23.6 Å². The van der Waals surface area contributed by atoms with Crippen LogP contribution in [0.2, 0.25) is 0 Å². The summed E-state index contributed by atoms with van der Waals surface area (Å²) in [5.41, 5.74) is 0.485. The molecule has 1 N–H and O–H groups in total. The molecule has 1 atom stereocenters. The van der Waals surface area contributed by atoms with Crippen molar-refractivity contribution in [1.82, 2.24) is 19.7 Å². The van der Waals surface area contributed by atoms with Gasteiger partial charge in [-0.15, -0.1) is 10.2 Å². The summed E-state index contributed by atoms with van der Waals surface area (Å²) in [5, 5.41) is 7.64. The molecule has 2 aromatic heterocycles. The molecule has 0 spiro atoms. The average molecular weight is 410 g/mol. The van der Waals surface area contributed by atoms with Crippen molar-refractivity contribution in [3.8, 4) is 11.6 Å². The number of imidazole rings is 1. The standard InChI is InChI=1S/C17H16F2N4O4S/c1-8-21-22-15(27-8)13-14(16(24)26-3)23(17(28)20-13)12(7-25-2)9-4-5-10(18)11(19)6-9/h4-6,12H,7H2,1-3H3,(H,20,28). The summed E-state index contributed by atoms with van der Waals surface area (Å²) in [6.07, 6.45) is 0. The zero-order valence-corrected chi connectivity index (χ0v) is 16.0. The highest BCUT2D eigenvalue weighted by molar-refractivity contribution is 7.71. The second-order valence-electron chi connectivity index (χ2n) is 5.79. The Morgan fingerprint density at radius 2 is 2.07 bits per heavy atom. The van der Waals surface area contributed by atoms with E-state index in [9.17, 15) is 13.6 Å². The second kappa shape index (κ2) is 7.98. The fraction of sp³-hybridized carbons (Fsp3) is 0.294. The molecule has 0 fully saturated rings. The fourth-order valence-electron chi connectivity index (χ4n) is 2.79. The summed E-state index contributed by atoms with van der Waals surface area (Å²) >= 11 is 5.37. The van der Waals surface area contributed by atoms with Crippen LogP contribution in [0, 0.1) is 23.3 Å². The maximum atomic E-state index is 13.8. The molecule has 11 heteroatoms. The normalized spacial score (nSPS) is 12.2. The van der Waals surface area contributed by atoms with E-state index in [1.54, 1.807) is 6.92 Å². The third kappa shape index (κ3) is 3.58. The highest BCUT2D eigenvalue weighted by Gasteiger charge is 2.29. The van der Waals surface area contributed by atoms with E-state index in [-0.39, 0.29) is 34.5 Å². The van der Waals surface area contributed by atoms with Gasteiger partial charge < -0.3 is 23.4 Å². The summed E-state index contributed by atoms with van der Waals surface area (Å²) in [6.45, 7) is 1.61. The van der Waals surface area contributed by atoms with Crippen LogP contribution in [0.5, 0.6) is 0 Å². The van der Waals surface area contributed by atoms with Gasteiger partial charge in [0.25, 0.3) is 5.89 Å². The Kier molecular flexibility index (Phi) is 5.66. The highest BCUT2D eigenvalue weighted by atomic mass is 32.1. The number of esters is 1. The number of methoxy groups -OCH3 is 2. The number of ether oxygens (including phenoxy) is 2. The minimum Gasteiger partial charge on any atom is -0.464 e. The van der Waals surface area contributed by atoms with Crippen molar-refractivity contribution in [2.24, 2.45) is 0 Å². The quantitative estimate of drug-likeness (QED) is 0.492. The van der Waals surface area contributed by atoms with Gasteiger partial charge in [0, 0.05) is 14.0 Å². The smallest absolute Gasteiger partial charge is 0.357 e. The summed E-state index contributed by atoms with van der Waals surface area (Å²) in [7, 11) is 2.64. The molecule has 0 saturated carbocycles. The lowest BCUT2D eigenvalue weighted by atomic mass is 10.1. The van der Waals surface area contributed by atoms with Gasteiger partial charge in [-0.25, -0.2) is 13.6 Å². The molecule has 148 valence electrons. The lowest BCUT2D eigenvalue weighted by molar-refractivity contribution is 0.0583. The van der Waals surface area contributed by atoms with Gasteiger partial charge >= 0.3 is 5.97 Å². The van der Waals surface area contributed by atoms with Crippen molar-refractivity contribution in [2.45, 2.75) is 13.0 Å². The van der Waals surface area contributed by atoms with E-state index in [1.807, 2.05) is 0 Å². The van der Waals surface area contributed by atoms with Gasteiger partial charge in [-0.1, -0.05) is 6.07 Å².